The van der Waals surface area contributed by atoms with Gasteiger partial charge >= 0.3 is 0 Å². The van der Waals surface area contributed by atoms with Crippen LogP contribution in [0, 0.1) is 13.8 Å². The van der Waals surface area contributed by atoms with E-state index in [1.807, 2.05) is 56.3 Å². The molecule has 1 aliphatic rings. The number of hydrogen-bond donors (Lipinski definition) is 1. The highest BCUT2D eigenvalue weighted by Gasteiger charge is 2.31. The number of carbonyl (C=O) groups excluding carboxylic acids is 1. The van der Waals surface area contributed by atoms with Gasteiger partial charge in [0.05, 0.1) is 11.3 Å². The third kappa shape index (κ3) is 4.79. The molecule has 5 aromatic rings. The Bertz CT molecular complexity index is 1920. The van der Waals surface area contributed by atoms with Crippen molar-refractivity contribution in [3.8, 4) is 28.7 Å². The number of aryl methyl sites for hydroxylation is 2. The van der Waals surface area contributed by atoms with Crippen LogP contribution in [0.4, 0.5) is 5.69 Å². The predicted molar refractivity (Wildman–Crippen MR) is 155 cm³/mol. The van der Waals surface area contributed by atoms with E-state index in [4.69, 9.17) is 9.47 Å². The van der Waals surface area contributed by atoms with Gasteiger partial charge in [-0.25, -0.2) is 12.7 Å². The summed E-state index contributed by atoms with van der Waals surface area (Å²) in [5, 5.41) is 12.0. The van der Waals surface area contributed by atoms with Crippen LogP contribution < -0.4 is 14.8 Å². The van der Waals surface area contributed by atoms with Crippen molar-refractivity contribution in [2.75, 3.05) is 18.9 Å². The van der Waals surface area contributed by atoms with Gasteiger partial charge in [0.15, 0.2) is 17.2 Å². The number of aromatic nitrogens is 3. The highest BCUT2D eigenvalue weighted by atomic mass is 32.2. The minimum absolute atomic E-state index is 0.00535. The zero-order valence-electron chi connectivity index (χ0n) is 22.9. The number of carbonyl (C=O) groups is 1. The minimum Gasteiger partial charge on any atom is -0.454 e. The average Bonchev–Trinajstić information content (AvgIpc) is 3.33. The number of nitrogens with zero attached hydrogens (tertiary/aromatic N) is 4. The standard InChI is InChI=1S/C30H27N5O5S/c1-5-34(4)41(37,38)29-16-20-27(39-25-12-10-18(2)14-23(25)31-30(20)36)17-28(29)40-26-13-11-19(3)15-24(26)35-32-21-8-6-7-9-22(21)33-35/h6-17H,5H2,1-4H3,(H,31,36). The molecule has 0 fully saturated rings. The molecule has 208 valence electrons. The third-order valence-corrected chi connectivity index (χ3v) is 8.82. The van der Waals surface area contributed by atoms with Crippen molar-refractivity contribution in [1.29, 1.82) is 0 Å². The summed E-state index contributed by atoms with van der Waals surface area (Å²) in [4.78, 5) is 14.6. The Morgan fingerprint density at radius 3 is 2.29 bits per heavy atom. The van der Waals surface area contributed by atoms with Crippen molar-refractivity contribution in [3.63, 3.8) is 0 Å². The number of hydrogen-bond acceptors (Lipinski definition) is 7. The summed E-state index contributed by atoms with van der Waals surface area (Å²) in [6.07, 6.45) is 0. The number of amides is 1. The van der Waals surface area contributed by atoms with Gasteiger partial charge in [-0.15, -0.1) is 15.0 Å². The van der Waals surface area contributed by atoms with Crippen LogP contribution >= 0.6 is 0 Å². The van der Waals surface area contributed by atoms with Crippen molar-refractivity contribution in [3.05, 3.63) is 89.5 Å². The summed E-state index contributed by atoms with van der Waals surface area (Å²) < 4.78 is 41.0. The van der Waals surface area contributed by atoms with Crippen molar-refractivity contribution in [2.45, 2.75) is 25.7 Å². The number of sulfonamides is 1. The van der Waals surface area contributed by atoms with E-state index in [0.717, 1.165) is 11.1 Å². The van der Waals surface area contributed by atoms with Crippen molar-refractivity contribution >= 4 is 32.7 Å². The fraction of sp³-hybridized carbons (Fsp3) is 0.167. The van der Waals surface area contributed by atoms with Crippen molar-refractivity contribution in [2.24, 2.45) is 0 Å². The highest BCUT2D eigenvalue weighted by molar-refractivity contribution is 7.89. The van der Waals surface area contributed by atoms with E-state index in [-0.39, 0.29) is 28.5 Å². The first-order valence-electron chi connectivity index (χ1n) is 13.0. The maximum atomic E-state index is 13.7. The van der Waals surface area contributed by atoms with Gasteiger partial charge in [-0.2, -0.15) is 0 Å². The quantitative estimate of drug-likeness (QED) is 0.274. The highest BCUT2D eigenvalue weighted by Crippen LogP contribution is 2.43. The summed E-state index contributed by atoms with van der Waals surface area (Å²) in [5.41, 5.74) is 4.34. The number of fused-ring (bicyclic) bond motifs is 3. The molecule has 1 aromatic heterocycles. The van der Waals surface area contributed by atoms with Gasteiger partial charge in [-0.3, -0.25) is 4.79 Å². The number of nitrogens with one attached hydrogen (secondary N) is 1. The molecule has 1 amide bonds. The molecule has 1 N–H and O–H groups in total. The van der Waals surface area contributed by atoms with Crippen LogP contribution in [0.3, 0.4) is 0 Å². The summed E-state index contributed by atoms with van der Waals surface area (Å²) in [6, 6.07) is 21.0. The fourth-order valence-corrected chi connectivity index (χ4v) is 5.81. The van der Waals surface area contributed by atoms with Crippen molar-refractivity contribution < 1.29 is 22.7 Å². The first kappa shape index (κ1) is 26.5. The second-order valence-corrected chi connectivity index (χ2v) is 11.8. The molecule has 0 atom stereocenters. The molecule has 41 heavy (non-hydrogen) atoms. The molecule has 11 heteroatoms. The maximum Gasteiger partial charge on any atom is 0.259 e. The van der Waals surface area contributed by atoms with E-state index in [1.165, 1.54) is 28.3 Å². The normalized spacial score (nSPS) is 12.9. The molecule has 0 aliphatic carbocycles. The van der Waals surface area contributed by atoms with E-state index in [9.17, 15) is 13.2 Å². The van der Waals surface area contributed by atoms with E-state index in [2.05, 4.69) is 15.5 Å². The molecule has 6 rings (SSSR count). The van der Waals surface area contributed by atoms with Gasteiger partial charge in [-0.05, 0) is 67.4 Å². The Balaban J connectivity index is 1.53. The molecule has 0 saturated heterocycles. The number of rotatable bonds is 6. The van der Waals surface area contributed by atoms with Crippen LogP contribution in [0.1, 0.15) is 28.4 Å². The lowest BCUT2D eigenvalue weighted by molar-refractivity contribution is 0.102. The van der Waals surface area contributed by atoms with E-state index < -0.39 is 15.9 Å². The Hall–Kier alpha value is -4.74. The predicted octanol–water partition coefficient (Wildman–Crippen LogP) is 5.83. The van der Waals surface area contributed by atoms with Crippen LogP contribution in [0.25, 0.3) is 16.7 Å². The van der Waals surface area contributed by atoms with Crippen LogP contribution in [-0.4, -0.2) is 47.2 Å². The Morgan fingerprint density at radius 2 is 1.59 bits per heavy atom. The number of benzene rings is 4. The van der Waals surface area contributed by atoms with Gasteiger partial charge in [-0.1, -0.05) is 31.2 Å². The molecule has 4 aromatic carbocycles. The van der Waals surface area contributed by atoms with Crippen LogP contribution in [-0.2, 0) is 10.0 Å². The van der Waals surface area contributed by atoms with Gasteiger partial charge in [0.2, 0.25) is 10.0 Å². The van der Waals surface area contributed by atoms with Crippen molar-refractivity contribution in [1.82, 2.24) is 19.3 Å². The van der Waals surface area contributed by atoms with Gasteiger partial charge in [0.1, 0.15) is 27.4 Å². The molecule has 0 bridgehead atoms. The summed E-state index contributed by atoms with van der Waals surface area (Å²) >= 11 is 0. The molecule has 0 unspecified atom stereocenters. The average molecular weight is 570 g/mol. The minimum atomic E-state index is -4.05. The SMILES string of the molecule is CCN(C)S(=O)(=O)c1cc2c(cc1Oc1ccc(C)cc1-n1nc3ccccc3n1)Oc1ccc(C)cc1NC2=O. The first-order valence-corrected chi connectivity index (χ1v) is 14.4. The largest absolute Gasteiger partial charge is 0.454 e. The summed E-state index contributed by atoms with van der Waals surface area (Å²) in [7, 11) is -2.59. The van der Waals surface area contributed by atoms with E-state index in [1.54, 1.807) is 25.1 Å². The summed E-state index contributed by atoms with van der Waals surface area (Å²) in [6.45, 7) is 5.77. The number of anilines is 1. The first-order chi connectivity index (χ1) is 19.6. The smallest absolute Gasteiger partial charge is 0.259 e. The zero-order chi connectivity index (χ0) is 28.9. The number of ether oxygens (including phenoxy) is 2. The maximum absolute atomic E-state index is 13.7. The molecule has 0 saturated carbocycles. The summed E-state index contributed by atoms with van der Waals surface area (Å²) in [5.74, 6) is 0.415. The second-order valence-electron chi connectivity index (χ2n) is 9.82. The fourth-order valence-electron chi connectivity index (χ4n) is 4.52. The molecule has 10 nitrogen and oxygen atoms in total. The topological polar surface area (TPSA) is 116 Å². The van der Waals surface area contributed by atoms with Crippen LogP contribution in [0.2, 0.25) is 0 Å². The lowest BCUT2D eigenvalue weighted by atomic mass is 10.1. The zero-order valence-corrected chi connectivity index (χ0v) is 23.7. The van der Waals surface area contributed by atoms with Gasteiger partial charge in [0, 0.05) is 19.7 Å². The van der Waals surface area contributed by atoms with E-state index >= 15 is 0 Å². The van der Waals surface area contributed by atoms with Crippen LogP contribution in [0.15, 0.2) is 77.7 Å². The van der Waals surface area contributed by atoms with Crippen LogP contribution in [0.5, 0.6) is 23.0 Å². The molecule has 1 aliphatic heterocycles. The molecule has 2 heterocycles. The molecular formula is C30H27N5O5S. The monoisotopic (exact) mass is 569 g/mol. The second kappa shape index (κ2) is 10.0. The van der Waals surface area contributed by atoms with E-state index in [0.29, 0.717) is 33.9 Å². The molecule has 0 radical (unpaired) electrons. The van der Waals surface area contributed by atoms with Gasteiger partial charge < -0.3 is 14.8 Å². The Kier molecular flexibility index (Phi) is 6.47. The lowest BCUT2D eigenvalue weighted by Gasteiger charge is -2.20. The Morgan fingerprint density at radius 1 is 0.902 bits per heavy atom. The third-order valence-electron chi connectivity index (χ3n) is 6.86. The molecule has 0 spiro atoms. The lowest BCUT2D eigenvalue weighted by Crippen LogP contribution is -2.27. The van der Waals surface area contributed by atoms with Gasteiger partial charge in [0.25, 0.3) is 5.91 Å². The Labute approximate surface area is 237 Å². The molecular weight excluding hydrogens is 542 g/mol.